The van der Waals surface area contributed by atoms with Gasteiger partial charge in [-0.1, -0.05) is 12.2 Å². The first kappa shape index (κ1) is 12.4. The summed E-state index contributed by atoms with van der Waals surface area (Å²) < 4.78 is 60.9. The molecule has 2 bridgehead atoms. The van der Waals surface area contributed by atoms with Crippen molar-refractivity contribution in [2.75, 3.05) is 0 Å². The Labute approximate surface area is 113 Å². The zero-order chi connectivity index (χ0) is 14.2. The summed E-state index contributed by atoms with van der Waals surface area (Å²) in [6.45, 7) is 1.65. The number of rotatable bonds is 0. The lowest BCUT2D eigenvalue weighted by Crippen LogP contribution is -2.36. The highest BCUT2D eigenvalue weighted by Gasteiger charge is 2.62. The molecule has 2 aliphatic heterocycles. The van der Waals surface area contributed by atoms with E-state index in [0.717, 1.165) is 0 Å². The molecule has 1 nitrogen and oxygen atoms in total. The standard InChI is InChI=1S/C15H12F4O/c1-15-7-5-3-2-4-6(7)14(20-15)8-9(15)11(17)13(19)12(18)10(8)16/h2-3,6-7,14H,4-5H2,1H3/t6-,7-,14-,15+/m1/s1. The van der Waals surface area contributed by atoms with E-state index in [0.29, 0.717) is 12.8 Å². The van der Waals surface area contributed by atoms with Gasteiger partial charge >= 0.3 is 0 Å². The summed E-state index contributed by atoms with van der Waals surface area (Å²) in [6, 6.07) is 0. The highest BCUT2D eigenvalue weighted by atomic mass is 19.2. The molecule has 0 amide bonds. The molecule has 106 valence electrons. The van der Waals surface area contributed by atoms with Gasteiger partial charge in [-0.3, -0.25) is 0 Å². The van der Waals surface area contributed by atoms with Crippen LogP contribution >= 0.6 is 0 Å². The van der Waals surface area contributed by atoms with Crippen molar-refractivity contribution in [3.63, 3.8) is 0 Å². The smallest absolute Gasteiger partial charge is 0.197 e. The predicted molar refractivity (Wildman–Crippen MR) is 62.8 cm³/mol. The van der Waals surface area contributed by atoms with Crippen LogP contribution in [0.5, 0.6) is 0 Å². The third-order valence-corrected chi connectivity index (χ3v) is 5.03. The molecule has 1 fully saturated rings. The van der Waals surface area contributed by atoms with E-state index in [1.54, 1.807) is 6.92 Å². The Bertz CT molecular complexity index is 654. The summed E-state index contributed by atoms with van der Waals surface area (Å²) >= 11 is 0. The fraction of sp³-hybridized carbons (Fsp3) is 0.467. The normalized spacial score (nSPS) is 37.1. The lowest BCUT2D eigenvalue weighted by atomic mass is 9.65. The van der Waals surface area contributed by atoms with Gasteiger partial charge in [0.05, 0.1) is 11.7 Å². The molecule has 1 aliphatic carbocycles. The van der Waals surface area contributed by atoms with Crippen molar-refractivity contribution in [2.24, 2.45) is 11.8 Å². The molecule has 0 spiro atoms. The summed E-state index contributed by atoms with van der Waals surface area (Å²) in [5.41, 5.74) is -1.33. The monoisotopic (exact) mass is 284 g/mol. The second-order valence-electron chi connectivity index (χ2n) is 5.90. The Morgan fingerprint density at radius 3 is 2.40 bits per heavy atom. The number of hydrogen-bond donors (Lipinski definition) is 0. The second kappa shape index (κ2) is 3.64. The summed E-state index contributed by atoms with van der Waals surface area (Å²) in [4.78, 5) is 0. The van der Waals surface area contributed by atoms with Crippen molar-refractivity contribution < 1.29 is 22.3 Å². The number of hydrogen-bond acceptors (Lipinski definition) is 1. The van der Waals surface area contributed by atoms with Crippen molar-refractivity contribution >= 4 is 0 Å². The van der Waals surface area contributed by atoms with Crippen LogP contribution in [0.3, 0.4) is 0 Å². The van der Waals surface area contributed by atoms with E-state index in [2.05, 4.69) is 0 Å². The minimum absolute atomic E-state index is 0.00346. The number of allylic oxidation sites excluding steroid dienone is 2. The highest BCUT2D eigenvalue weighted by molar-refractivity contribution is 5.46. The maximum Gasteiger partial charge on any atom is 0.197 e. The van der Waals surface area contributed by atoms with Crippen LogP contribution in [-0.2, 0) is 10.3 Å². The highest BCUT2D eigenvalue weighted by Crippen LogP contribution is 2.64. The van der Waals surface area contributed by atoms with Gasteiger partial charge in [-0.25, -0.2) is 17.6 Å². The molecule has 20 heavy (non-hydrogen) atoms. The van der Waals surface area contributed by atoms with Crippen LogP contribution in [0.15, 0.2) is 12.2 Å². The quantitative estimate of drug-likeness (QED) is 0.301. The van der Waals surface area contributed by atoms with Gasteiger partial charge in [0.25, 0.3) is 0 Å². The SMILES string of the molecule is C[C@@]12O[C@@H](c3c(F)c(F)c(F)c(F)c31)[C@@H]1CC=CC[C@H]12. The molecule has 4 rings (SSSR count). The molecule has 5 heteroatoms. The Morgan fingerprint density at radius 2 is 1.65 bits per heavy atom. The van der Waals surface area contributed by atoms with Crippen molar-refractivity contribution in [1.29, 1.82) is 0 Å². The molecule has 4 atom stereocenters. The van der Waals surface area contributed by atoms with Crippen LogP contribution in [0.25, 0.3) is 0 Å². The zero-order valence-corrected chi connectivity index (χ0v) is 10.7. The number of ether oxygens (including phenoxy) is 1. The fourth-order valence-electron chi connectivity index (χ4n) is 4.16. The van der Waals surface area contributed by atoms with E-state index in [1.165, 1.54) is 0 Å². The minimum Gasteiger partial charge on any atom is -0.362 e. The maximum atomic E-state index is 14.1. The molecule has 0 N–H and O–H groups in total. The molecule has 3 aliphatic rings. The number of fused-ring (bicyclic) bond motifs is 8. The summed E-state index contributed by atoms with van der Waals surface area (Å²) in [5.74, 6) is -6.14. The van der Waals surface area contributed by atoms with Crippen LogP contribution in [-0.4, -0.2) is 0 Å². The van der Waals surface area contributed by atoms with Crippen LogP contribution in [0, 0.1) is 35.1 Å². The van der Waals surface area contributed by atoms with Crippen LogP contribution < -0.4 is 0 Å². The van der Waals surface area contributed by atoms with Gasteiger partial charge in [0.15, 0.2) is 23.3 Å². The van der Waals surface area contributed by atoms with Gasteiger partial charge in [-0.15, -0.1) is 0 Å². The zero-order valence-electron chi connectivity index (χ0n) is 10.7. The van der Waals surface area contributed by atoms with E-state index in [9.17, 15) is 17.6 Å². The lowest BCUT2D eigenvalue weighted by Gasteiger charge is -2.36. The van der Waals surface area contributed by atoms with E-state index in [-0.39, 0.29) is 23.0 Å². The largest absolute Gasteiger partial charge is 0.362 e. The maximum absolute atomic E-state index is 14.1. The molecule has 0 radical (unpaired) electrons. The van der Waals surface area contributed by atoms with Crippen LogP contribution in [0.1, 0.15) is 37.0 Å². The van der Waals surface area contributed by atoms with Crippen LogP contribution in [0.2, 0.25) is 0 Å². The summed E-state index contributed by atoms with van der Waals surface area (Å²) in [5, 5.41) is 0. The van der Waals surface area contributed by atoms with Gasteiger partial charge in [-0.2, -0.15) is 0 Å². The van der Waals surface area contributed by atoms with Gasteiger partial charge in [0.2, 0.25) is 0 Å². The lowest BCUT2D eigenvalue weighted by molar-refractivity contribution is -0.0288. The van der Waals surface area contributed by atoms with E-state index in [1.807, 2.05) is 12.2 Å². The Kier molecular flexibility index (Phi) is 2.25. The Hall–Kier alpha value is -1.36. The Morgan fingerprint density at radius 1 is 1.00 bits per heavy atom. The molecular formula is C15H12F4O. The molecule has 0 aromatic heterocycles. The third-order valence-electron chi connectivity index (χ3n) is 5.03. The number of halogens is 4. The number of benzene rings is 1. The Balaban J connectivity index is 2.02. The van der Waals surface area contributed by atoms with E-state index in [4.69, 9.17) is 4.74 Å². The van der Waals surface area contributed by atoms with E-state index < -0.39 is 35.0 Å². The van der Waals surface area contributed by atoms with Gasteiger partial charge in [0, 0.05) is 17.0 Å². The van der Waals surface area contributed by atoms with Crippen molar-refractivity contribution in [1.82, 2.24) is 0 Å². The molecule has 1 aromatic carbocycles. The van der Waals surface area contributed by atoms with Gasteiger partial charge in [0.1, 0.15) is 0 Å². The minimum atomic E-state index is -1.75. The average molecular weight is 284 g/mol. The second-order valence-corrected chi connectivity index (χ2v) is 5.90. The third kappa shape index (κ3) is 1.18. The first-order chi connectivity index (χ1) is 9.47. The molecule has 1 saturated heterocycles. The first-order valence-corrected chi connectivity index (χ1v) is 6.66. The predicted octanol–water partition coefficient (Wildman–Crippen LogP) is 4.13. The molecule has 2 heterocycles. The molecule has 1 aromatic rings. The first-order valence-electron chi connectivity index (χ1n) is 6.66. The molecule has 0 saturated carbocycles. The van der Waals surface area contributed by atoms with Crippen molar-refractivity contribution in [2.45, 2.75) is 31.5 Å². The van der Waals surface area contributed by atoms with Gasteiger partial charge in [-0.05, 0) is 25.7 Å². The van der Waals surface area contributed by atoms with Crippen LogP contribution in [0.4, 0.5) is 17.6 Å². The fourth-order valence-corrected chi connectivity index (χ4v) is 4.16. The summed E-state index contributed by atoms with van der Waals surface area (Å²) in [6.07, 6.45) is 4.63. The van der Waals surface area contributed by atoms with Crippen molar-refractivity contribution in [3.05, 3.63) is 46.5 Å². The van der Waals surface area contributed by atoms with E-state index >= 15 is 0 Å². The average Bonchev–Trinajstić information content (AvgIpc) is 2.92. The van der Waals surface area contributed by atoms with Crippen molar-refractivity contribution in [3.8, 4) is 0 Å². The topological polar surface area (TPSA) is 9.23 Å². The van der Waals surface area contributed by atoms with Gasteiger partial charge < -0.3 is 4.74 Å². The molecular weight excluding hydrogens is 272 g/mol. The summed E-state index contributed by atoms with van der Waals surface area (Å²) in [7, 11) is 0. The molecule has 0 unspecified atom stereocenters.